The molecule has 0 aliphatic rings. The highest BCUT2D eigenvalue weighted by atomic mass is 32.2. The van der Waals surface area contributed by atoms with Gasteiger partial charge in [0.05, 0.1) is 17.1 Å². The zero-order chi connectivity index (χ0) is 23.1. The lowest BCUT2D eigenvalue weighted by Crippen LogP contribution is -2.34. The van der Waals surface area contributed by atoms with Gasteiger partial charge < -0.3 is 0 Å². The molecule has 0 heterocycles. The van der Waals surface area contributed by atoms with Crippen LogP contribution in [0.2, 0.25) is 0 Å². The Morgan fingerprint density at radius 2 is 1.43 bits per heavy atom. The standard InChI is InChI=1S/C26H37NO2S/c1-11-14-27(30(28,29)24-19(3)15-18(2)16-20(24)4)23-17-21(25(5,6)7)12-13-22(23)26(8,9)10/h11-13,15-17H,1,14H2,2-10H3. The van der Waals surface area contributed by atoms with Gasteiger partial charge in [-0.2, -0.15) is 0 Å². The maximum atomic E-state index is 14.0. The Morgan fingerprint density at radius 1 is 0.900 bits per heavy atom. The van der Waals surface area contributed by atoms with Crippen molar-refractivity contribution in [2.75, 3.05) is 10.8 Å². The first-order valence-corrected chi connectivity index (χ1v) is 11.9. The lowest BCUT2D eigenvalue weighted by Gasteiger charge is -2.33. The van der Waals surface area contributed by atoms with Crippen LogP contribution in [0.1, 0.15) is 69.4 Å². The summed E-state index contributed by atoms with van der Waals surface area (Å²) in [6.07, 6.45) is 1.66. The molecule has 0 fully saturated rings. The summed E-state index contributed by atoms with van der Waals surface area (Å²) in [5.41, 5.74) is 5.13. The lowest BCUT2D eigenvalue weighted by atomic mass is 9.81. The van der Waals surface area contributed by atoms with E-state index in [1.807, 2.05) is 39.0 Å². The van der Waals surface area contributed by atoms with Gasteiger partial charge in [-0.25, -0.2) is 8.42 Å². The summed E-state index contributed by atoms with van der Waals surface area (Å²) in [5, 5.41) is 0. The first-order valence-electron chi connectivity index (χ1n) is 10.5. The number of hydrogen-bond acceptors (Lipinski definition) is 2. The number of benzene rings is 2. The quantitative estimate of drug-likeness (QED) is 0.505. The number of aryl methyl sites for hydroxylation is 3. The van der Waals surface area contributed by atoms with Crippen LogP contribution in [0.25, 0.3) is 0 Å². The molecule has 0 spiro atoms. The Hall–Kier alpha value is -2.07. The van der Waals surface area contributed by atoms with Crippen LogP contribution in [-0.2, 0) is 20.9 Å². The smallest absolute Gasteiger partial charge is 0.262 e. The monoisotopic (exact) mass is 427 g/mol. The average Bonchev–Trinajstić information content (AvgIpc) is 2.56. The minimum absolute atomic E-state index is 0.0928. The highest BCUT2D eigenvalue weighted by Gasteiger charge is 2.32. The molecule has 0 aliphatic heterocycles. The first-order chi connectivity index (χ1) is 13.6. The van der Waals surface area contributed by atoms with Gasteiger partial charge in [0.25, 0.3) is 10.0 Å². The van der Waals surface area contributed by atoms with E-state index in [4.69, 9.17) is 0 Å². The Labute approximate surface area is 183 Å². The van der Waals surface area contributed by atoms with Crippen LogP contribution in [0, 0.1) is 20.8 Å². The van der Waals surface area contributed by atoms with E-state index in [-0.39, 0.29) is 17.4 Å². The molecule has 0 bridgehead atoms. The predicted octanol–water partition coefficient (Wildman–Crippen LogP) is 6.59. The molecule has 2 aromatic rings. The normalized spacial score (nSPS) is 12.7. The summed E-state index contributed by atoms with van der Waals surface area (Å²) < 4.78 is 29.5. The first kappa shape index (κ1) is 24.2. The fourth-order valence-electron chi connectivity index (χ4n) is 3.97. The largest absolute Gasteiger partial charge is 0.265 e. The van der Waals surface area contributed by atoms with E-state index in [0.29, 0.717) is 4.90 Å². The van der Waals surface area contributed by atoms with Gasteiger partial charge >= 0.3 is 0 Å². The summed E-state index contributed by atoms with van der Waals surface area (Å²) in [5.74, 6) is 0. The van der Waals surface area contributed by atoms with Crippen molar-refractivity contribution in [2.24, 2.45) is 0 Å². The third-order valence-electron chi connectivity index (χ3n) is 5.39. The summed E-state index contributed by atoms with van der Waals surface area (Å²) >= 11 is 0. The van der Waals surface area contributed by atoms with Gasteiger partial charge in [0.15, 0.2) is 0 Å². The van der Waals surface area contributed by atoms with Crippen LogP contribution < -0.4 is 4.31 Å². The molecule has 30 heavy (non-hydrogen) atoms. The number of sulfonamides is 1. The van der Waals surface area contributed by atoms with Crippen LogP contribution in [0.3, 0.4) is 0 Å². The highest BCUT2D eigenvalue weighted by Crippen LogP contribution is 2.39. The van der Waals surface area contributed by atoms with Gasteiger partial charge in [-0.15, -0.1) is 6.58 Å². The molecule has 0 aliphatic carbocycles. The van der Waals surface area contributed by atoms with Gasteiger partial charge in [-0.1, -0.05) is 77.4 Å². The summed E-state index contributed by atoms with van der Waals surface area (Å²) in [4.78, 5) is 0.385. The highest BCUT2D eigenvalue weighted by molar-refractivity contribution is 7.93. The van der Waals surface area contributed by atoms with Crippen molar-refractivity contribution in [3.63, 3.8) is 0 Å². The molecule has 0 atom stereocenters. The molecule has 3 nitrogen and oxygen atoms in total. The van der Waals surface area contributed by atoms with Gasteiger partial charge in [0.2, 0.25) is 0 Å². The summed E-state index contributed by atoms with van der Waals surface area (Å²) in [7, 11) is -3.78. The van der Waals surface area contributed by atoms with Gasteiger partial charge in [0.1, 0.15) is 0 Å². The topological polar surface area (TPSA) is 37.4 Å². The Kier molecular flexibility index (Phi) is 6.63. The molecular formula is C26H37NO2S. The molecule has 164 valence electrons. The van der Waals surface area contributed by atoms with Crippen LogP contribution in [0.4, 0.5) is 5.69 Å². The SMILES string of the molecule is C=CCN(c1cc(C(C)(C)C)ccc1C(C)(C)C)S(=O)(=O)c1c(C)cc(C)cc1C. The predicted molar refractivity (Wildman–Crippen MR) is 129 cm³/mol. The fourth-order valence-corrected chi connectivity index (χ4v) is 5.83. The zero-order valence-corrected chi connectivity index (χ0v) is 20.9. The molecule has 4 heteroatoms. The Bertz CT molecular complexity index is 1030. The number of nitrogens with zero attached hydrogens (tertiary/aromatic N) is 1. The minimum Gasteiger partial charge on any atom is -0.262 e. The second-order valence-corrected chi connectivity index (χ2v) is 12.1. The van der Waals surface area contributed by atoms with Crippen LogP contribution in [0.15, 0.2) is 47.9 Å². The van der Waals surface area contributed by atoms with Crippen molar-refractivity contribution < 1.29 is 8.42 Å². The van der Waals surface area contributed by atoms with Crippen molar-refractivity contribution >= 4 is 15.7 Å². The van der Waals surface area contributed by atoms with E-state index in [1.165, 1.54) is 4.31 Å². The number of rotatable bonds is 5. The van der Waals surface area contributed by atoms with Gasteiger partial charge in [-0.05, 0) is 59.9 Å². The van der Waals surface area contributed by atoms with E-state index in [0.717, 1.165) is 33.5 Å². The second kappa shape index (κ2) is 8.22. The van der Waals surface area contributed by atoms with E-state index >= 15 is 0 Å². The van der Waals surface area contributed by atoms with E-state index < -0.39 is 10.0 Å². The lowest BCUT2D eigenvalue weighted by molar-refractivity contribution is 0.573. The zero-order valence-electron chi connectivity index (χ0n) is 20.1. The third kappa shape index (κ3) is 4.80. The van der Waals surface area contributed by atoms with E-state index in [2.05, 4.69) is 60.3 Å². The third-order valence-corrected chi connectivity index (χ3v) is 7.47. The Morgan fingerprint density at radius 3 is 1.87 bits per heavy atom. The number of hydrogen-bond donors (Lipinski definition) is 0. The van der Waals surface area contributed by atoms with Crippen LogP contribution >= 0.6 is 0 Å². The average molecular weight is 428 g/mol. The molecule has 0 saturated carbocycles. The van der Waals surface area contributed by atoms with Crippen LogP contribution in [0.5, 0.6) is 0 Å². The second-order valence-electron chi connectivity index (χ2n) is 10.3. The van der Waals surface area contributed by atoms with Gasteiger partial charge in [0, 0.05) is 0 Å². The molecule has 0 saturated heterocycles. The molecule has 0 unspecified atom stereocenters. The van der Waals surface area contributed by atoms with E-state index in [9.17, 15) is 8.42 Å². The summed E-state index contributed by atoms with van der Waals surface area (Å²) in [6.45, 7) is 22.6. The maximum absolute atomic E-state index is 14.0. The summed E-state index contributed by atoms with van der Waals surface area (Å²) in [6, 6.07) is 10.1. The molecule has 2 rings (SSSR count). The van der Waals surface area contributed by atoms with Crippen molar-refractivity contribution in [3.05, 3.63) is 70.8 Å². The molecule has 0 amide bonds. The minimum atomic E-state index is -3.78. The molecule has 2 aromatic carbocycles. The van der Waals surface area contributed by atoms with E-state index in [1.54, 1.807) is 6.08 Å². The van der Waals surface area contributed by atoms with Crippen molar-refractivity contribution in [1.82, 2.24) is 0 Å². The fraction of sp³-hybridized carbons (Fsp3) is 0.462. The van der Waals surface area contributed by atoms with Crippen molar-refractivity contribution in [3.8, 4) is 0 Å². The van der Waals surface area contributed by atoms with Crippen LogP contribution in [-0.4, -0.2) is 15.0 Å². The Balaban J connectivity index is 2.87. The van der Waals surface area contributed by atoms with Crippen molar-refractivity contribution in [1.29, 1.82) is 0 Å². The maximum Gasteiger partial charge on any atom is 0.265 e. The number of anilines is 1. The molecular weight excluding hydrogens is 390 g/mol. The molecule has 0 radical (unpaired) electrons. The van der Waals surface area contributed by atoms with Gasteiger partial charge in [-0.3, -0.25) is 4.31 Å². The molecule has 0 aromatic heterocycles. The van der Waals surface area contributed by atoms with Crippen molar-refractivity contribution in [2.45, 2.75) is 78.0 Å². The molecule has 0 N–H and O–H groups in total.